The number of piperazine rings is 1. The van der Waals surface area contributed by atoms with E-state index in [1.54, 1.807) is 69.6 Å². The van der Waals surface area contributed by atoms with Gasteiger partial charge in [0.25, 0.3) is 0 Å². The lowest BCUT2D eigenvalue weighted by atomic mass is 9.95. The molecule has 4 heterocycles. The van der Waals surface area contributed by atoms with Gasteiger partial charge in [-0.3, -0.25) is 24.4 Å². The lowest BCUT2D eigenvalue weighted by Gasteiger charge is -2.28. The zero-order chi connectivity index (χ0) is 41.0. The van der Waals surface area contributed by atoms with Gasteiger partial charge in [0, 0.05) is 67.2 Å². The van der Waals surface area contributed by atoms with Crippen LogP contribution < -0.4 is 26.2 Å². The standard InChI is InChI=1S/C25H27FN4O2.C19H18FN5O/c1-25(2,3)24(32)28-17-8-9-19(26)18(14-17)23(31)16-7-10-20-21(13-16)29-22(15-27-20)30-11-5-4-6-12-30;20-15-3-2-13(21)10-14(15)19(26)12-1-4-16-17(9-12)24-18(11-23-16)25-7-5-22-6-8-25/h7-10,13-15H,4-6,11-12H2,1-3H3,(H,28,32);1-4,9-11,22H,5-8,21H2. The summed E-state index contributed by atoms with van der Waals surface area (Å²) in [5.74, 6) is -0.776. The molecule has 8 rings (SSSR count). The van der Waals surface area contributed by atoms with Crippen molar-refractivity contribution in [1.29, 1.82) is 0 Å². The highest BCUT2D eigenvalue weighted by Crippen LogP contribution is 2.25. The van der Waals surface area contributed by atoms with E-state index in [2.05, 4.69) is 35.4 Å². The van der Waals surface area contributed by atoms with Gasteiger partial charge in [0.05, 0.1) is 45.6 Å². The minimum atomic E-state index is -0.642. The molecule has 2 saturated heterocycles. The van der Waals surface area contributed by atoms with Gasteiger partial charge in [-0.25, -0.2) is 18.7 Å². The molecule has 2 aromatic heterocycles. The Hall–Kier alpha value is -6.41. The first-order valence-electron chi connectivity index (χ1n) is 19.3. The number of carbonyl (C=O) groups excluding carboxylic acids is 3. The number of nitrogens with one attached hydrogen (secondary N) is 2. The molecule has 58 heavy (non-hydrogen) atoms. The van der Waals surface area contributed by atoms with Crippen LogP contribution in [0.3, 0.4) is 0 Å². The SMILES string of the molecule is CC(C)(C)C(=O)Nc1ccc(F)c(C(=O)c2ccc3ncc(N4CCCCC4)nc3c2)c1.Nc1ccc(F)c(C(=O)c2ccc3ncc(N4CCNCC4)nc3c2)c1. The zero-order valence-corrected chi connectivity index (χ0v) is 32.7. The summed E-state index contributed by atoms with van der Waals surface area (Å²) in [6.45, 7) is 10.7. The van der Waals surface area contributed by atoms with Crippen molar-refractivity contribution in [3.05, 3.63) is 119 Å². The van der Waals surface area contributed by atoms with Crippen molar-refractivity contribution in [2.45, 2.75) is 40.0 Å². The van der Waals surface area contributed by atoms with Crippen molar-refractivity contribution in [2.75, 3.05) is 60.1 Å². The Morgan fingerprint density at radius 3 is 1.72 bits per heavy atom. The summed E-state index contributed by atoms with van der Waals surface area (Å²) in [4.78, 5) is 60.7. The monoisotopic (exact) mass is 785 g/mol. The van der Waals surface area contributed by atoms with Crippen LogP contribution in [0.2, 0.25) is 0 Å². The highest BCUT2D eigenvalue weighted by Gasteiger charge is 2.23. The Bertz CT molecular complexity index is 2510. The molecule has 0 atom stereocenters. The number of amides is 1. The molecule has 0 unspecified atom stereocenters. The Kier molecular flexibility index (Phi) is 11.7. The summed E-state index contributed by atoms with van der Waals surface area (Å²) >= 11 is 0. The van der Waals surface area contributed by atoms with Crippen molar-refractivity contribution in [3.63, 3.8) is 0 Å². The molecule has 2 aliphatic rings. The molecule has 12 nitrogen and oxygen atoms in total. The van der Waals surface area contributed by atoms with E-state index in [0.29, 0.717) is 44.6 Å². The average Bonchev–Trinajstić information content (AvgIpc) is 3.24. The Morgan fingerprint density at radius 1 is 0.655 bits per heavy atom. The highest BCUT2D eigenvalue weighted by atomic mass is 19.1. The summed E-state index contributed by atoms with van der Waals surface area (Å²) in [5.41, 5.74) is 8.89. The predicted octanol–water partition coefficient (Wildman–Crippen LogP) is 6.97. The van der Waals surface area contributed by atoms with Crippen LogP contribution in [-0.4, -0.2) is 76.7 Å². The summed E-state index contributed by atoms with van der Waals surface area (Å²) in [6, 6.07) is 18.0. The van der Waals surface area contributed by atoms with Crippen molar-refractivity contribution in [3.8, 4) is 0 Å². The van der Waals surface area contributed by atoms with E-state index in [4.69, 9.17) is 10.7 Å². The molecule has 0 bridgehead atoms. The van der Waals surface area contributed by atoms with Crippen LogP contribution in [-0.2, 0) is 4.79 Å². The Balaban J connectivity index is 0.000000180. The number of nitrogens with zero attached hydrogens (tertiary/aromatic N) is 6. The molecule has 0 radical (unpaired) electrons. The average molecular weight is 786 g/mol. The predicted molar refractivity (Wildman–Crippen MR) is 222 cm³/mol. The fourth-order valence-electron chi connectivity index (χ4n) is 6.73. The third kappa shape index (κ3) is 9.07. The van der Waals surface area contributed by atoms with E-state index in [1.165, 1.54) is 42.8 Å². The van der Waals surface area contributed by atoms with E-state index >= 15 is 0 Å². The van der Waals surface area contributed by atoms with Crippen LogP contribution in [0.1, 0.15) is 71.9 Å². The first kappa shape index (κ1) is 39.8. The maximum Gasteiger partial charge on any atom is 0.229 e. The molecule has 298 valence electrons. The molecule has 4 aromatic carbocycles. The first-order valence-corrected chi connectivity index (χ1v) is 19.3. The minimum Gasteiger partial charge on any atom is -0.399 e. The second kappa shape index (κ2) is 17.0. The maximum absolute atomic E-state index is 14.5. The number of aromatic nitrogens is 4. The van der Waals surface area contributed by atoms with Crippen molar-refractivity contribution < 1.29 is 23.2 Å². The number of benzene rings is 4. The normalized spacial score (nSPS) is 14.5. The Morgan fingerprint density at radius 2 is 1.17 bits per heavy atom. The number of ketones is 2. The fraction of sp³-hybridized carbons (Fsp3) is 0.295. The first-order chi connectivity index (χ1) is 27.8. The second-order valence-electron chi connectivity index (χ2n) is 15.4. The summed E-state index contributed by atoms with van der Waals surface area (Å²) in [6.07, 6.45) is 6.97. The molecule has 2 fully saturated rings. The van der Waals surface area contributed by atoms with Gasteiger partial charge in [-0.2, -0.15) is 0 Å². The van der Waals surface area contributed by atoms with Gasteiger partial charge in [-0.05, 0) is 92.1 Å². The third-order valence-corrected chi connectivity index (χ3v) is 10.1. The van der Waals surface area contributed by atoms with E-state index in [9.17, 15) is 23.2 Å². The number of hydrogen-bond acceptors (Lipinski definition) is 11. The van der Waals surface area contributed by atoms with Crippen LogP contribution in [0, 0.1) is 17.0 Å². The van der Waals surface area contributed by atoms with Crippen LogP contribution in [0.4, 0.5) is 31.8 Å². The summed E-state index contributed by atoms with van der Waals surface area (Å²) in [7, 11) is 0. The van der Waals surface area contributed by atoms with Crippen LogP contribution >= 0.6 is 0 Å². The fourth-order valence-corrected chi connectivity index (χ4v) is 6.73. The van der Waals surface area contributed by atoms with Gasteiger partial charge in [0.2, 0.25) is 5.91 Å². The highest BCUT2D eigenvalue weighted by molar-refractivity contribution is 6.12. The van der Waals surface area contributed by atoms with Gasteiger partial charge in [-0.1, -0.05) is 20.8 Å². The molecule has 14 heteroatoms. The number of halogens is 2. The number of anilines is 4. The molecule has 4 N–H and O–H groups in total. The number of carbonyl (C=O) groups is 3. The molecular weight excluding hydrogens is 741 g/mol. The van der Waals surface area contributed by atoms with Gasteiger partial charge < -0.3 is 26.2 Å². The largest absolute Gasteiger partial charge is 0.399 e. The van der Waals surface area contributed by atoms with Crippen molar-refractivity contribution >= 4 is 62.6 Å². The molecule has 0 saturated carbocycles. The topological polar surface area (TPSA) is 159 Å². The van der Waals surface area contributed by atoms with Crippen LogP contribution in [0.15, 0.2) is 85.2 Å². The summed E-state index contributed by atoms with van der Waals surface area (Å²) in [5, 5.41) is 6.04. The number of piperidine rings is 1. The molecule has 1 amide bonds. The number of hydrogen-bond donors (Lipinski definition) is 3. The van der Waals surface area contributed by atoms with Crippen LogP contribution in [0.5, 0.6) is 0 Å². The lowest BCUT2D eigenvalue weighted by Crippen LogP contribution is -2.43. The van der Waals surface area contributed by atoms with Crippen molar-refractivity contribution in [2.24, 2.45) is 5.41 Å². The zero-order valence-electron chi connectivity index (χ0n) is 32.7. The number of nitrogens with two attached hydrogens (primary N) is 1. The van der Waals surface area contributed by atoms with E-state index in [1.807, 2.05) is 0 Å². The summed E-state index contributed by atoms with van der Waals surface area (Å²) < 4.78 is 28.5. The maximum atomic E-state index is 14.5. The molecular formula is C44H45F2N9O3. The van der Waals surface area contributed by atoms with Crippen LogP contribution in [0.25, 0.3) is 22.1 Å². The molecule has 0 aliphatic carbocycles. The molecule has 6 aromatic rings. The minimum absolute atomic E-state index is 0.0458. The third-order valence-electron chi connectivity index (χ3n) is 10.1. The Labute approximate surface area is 334 Å². The number of fused-ring (bicyclic) bond motifs is 2. The van der Waals surface area contributed by atoms with E-state index in [0.717, 1.165) is 63.7 Å². The second-order valence-corrected chi connectivity index (χ2v) is 15.4. The van der Waals surface area contributed by atoms with E-state index in [-0.39, 0.29) is 17.0 Å². The van der Waals surface area contributed by atoms with Gasteiger partial charge >= 0.3 is 0 Å². The van der Waals surface area contributed by atoms with Gasteiger partial charge in [0.1, 0.15) is 23.3 Å². The number of nitrogen functional groups attached to an aromatic ring is 1. The lowest BCUT2D eigenvalue weighted by molar-refractivity contribution is -0.123. The van der Waals surface area contributed by atoms with E-state index < -0.39 is 28.6 Å². The van der Waals surface area contributed by atoms with Gasteiger partial charge in [-0.15, -0.1) is 0 Å². The van der Waals surface area contributed by atoms with Crippen molar-refractivity contribution in [1.82, 2.24) is 25.3 Å². The quantitative estimate of drug-likeness (QED) is 0.113. The smallest absolute Gasteiger partial charge is 0.229 e. The molecule has 0 spiro atoms. The number of rotatable bonds is 7. The molecule has 2 aliphatic heterocycles. The van der Waals surface area contributed by atoms with Gasteiger partial charge in [0.15, 0.2) is 11.6 Å².